The average molecular weight is 245 g/mol. The Bertz CT molecular complexity index is 549. The first-order valence-electron chi connectivity index (χ1n) is 5.76. The first-order chi connectivity index (χ1) is 8.65. The molecule has 2 aromatic rings. The normalized spacial score (nSPS) is 12.3. The standard InChI is InChI=1S/C13H15N3O2/c1-2-11(9-6-4-3-5-7-9)16-12(14)10(8-15-16)13(17)18/h3-8,11H,2,14H2,1H3,(H,17,18). The number of rotatable bonds is 4. The van der Waals surface area contributed by atoms with E-state index < -0.39 is 5.97 Å². The molecule has 5 nitrogen and oxygen atoms in total. The van der Waals surface area contributed by atoms with Gasteiger partial charge in [0.1, 0.15) is 11.4 Å². The highest BCUT2D eigenvalue weighted by molar-refractivity contribution is 5.92. The quantitative estimate of drug-likeness (QED) is 0.864. The lowest BCUT2D eigenvalue weighted by atomic mass is 10.1. The van der Waals surface area contributed by atoms with Gasteiger partial charge in [-0.25, -0.2) is 9.48 Å². The van der Waals surface area contributed by atoms with Crippen LogP contribution in [0.2, 0.25) is 0 Å². The second-order valence-corrected chi connectivity index (χ2v) is 4.03. The highest BCUT2D eigenvalue weighted by Gasteiger charge is 2.20. The zero-order chi connectivity index (χ0) is 13.1. The van der Waals surface area contributed by atoms with Crippen molar-refractivity contribution in [1.82, 2.24) is 9.78 Å². The van der Waals surface area contributed by atoms with E-state index in [9.17, 15) is 4.79 Å². The van der Waals surface area contributed by atoms with Crippen molar-refractivity contribution in [2.75, 3.05) is 5.73 Å². The number of aromatic carboxylic acids is 1. The summed E-state index contributed by atoms with van der Waals surface area (Å²) in [5, 5.41) is 13.1. The smallest absolute Gasteiger partial charge is 0.341 e. The molecule has 0 spiro atoms. The van der Waals surface area contributed by atoms with Crippen molar-refractivity contribution in [3.05, 3.63) is 47.7 Å². The van der Waals surface area contributed by atoms with E-state index in [1.54, 1.807) is 4.68 Å². The van der Waals surface area contributed by atoms with Gasteiger partial charge in [-0.2, -0.15) is 5.10 Å². The van der Waals surface area contributed by atoms with E-state index in [4.69, 9.17) is 10.8 Å². The van der Waals surface area contributed by atoms with Gasteiger partial charge in [-0.3, -0.25) is 0 Å². The molecule has 18 heavy (non-hydrogen) atoms. The number of carboxylic acid groups (broad SMARTS) is 1. The van der Waals surface area contributed by atoms with Gasteiger partial charge in [0.05, 0.1) is 12.2 Å². The number of nitrogens with two attached hydrogens (primary N) is 1. The third kappa shape index (κ3) is 2.07. The molecule has 0 bridgehead atoms. The summed E-state index contributed by atoms with van der Waals surface area (Å²) in [5.41, 5.74) is 6.95. The van der Waals surface area contributed by atoms with Crippen molar-refractivity contribution >= 4 is 11.8 Å². The maximum absolute atomic E-state index is 10.9. The SMILES string of the molecule is CCC(c1ccccc1)n1ncc(C(=O)O)c1N. The summed E-state index contributed by atoms with van der Waals surface area (Å²) in [6.07, 6.45) is 2.08. The van der Waals surface area contributed by atoms with Gasteiger partial charge in [0.2, 0.25) is 0 Å². The van der Waals surface area contributed by atoms with Gasteiger partial charge < -0.3 is 10.8 Å². The van der Waals surface area contributed by atoms with Gasteiger partial charge in [-0.05, 0) is 12.0 Å². The molecule has 1 atom stereocenters. The van der Waals surface area contributed by atoms with Gasteiger partial charge in [0.15, 0.2) is 0 Å². The molecule has 0 saturated heterocycles. The summed E-state index contributed by atoms with van der Waals surface area (Å²) in [7, 11) is 0. The Morgan fingerprint density at radius 1 is 1.44 bits per heavy atom. The van der Waals surface area contributed by atoms with Crippen molar-refractivity contribution in [2.24, 2.45) is 0 Å². The highest BCUT2D eigenvalue weighted by atomic mass is 16.4. The van der Waals surface area contributed by atoms with Crippen LogP contribution in [-0.2, 0) is 0 Å². The van der Waals surface area contributed by atoms with Gasteiger partial charge in [-0.1, -0.05) is 37.3 Å². The third-order valence-electron chi connectivity index (χ3n) is 2.93. The molecule has 0 aliphatic carbocycles. The number of aromatic nitrogens is 2. The third-order valence-corrected chi connectivity index (χ3v) is 2.93. The number of carbonyl (C=O) groups is 1. The van der Waals surface area contributed by atoms with Crippen LogP contribution in [0.1, 0.15) is 35.3 Å². The molecular formula is C13H15N3O2. The maximum atomic E-state index is 10.9. The van der Waals surface area contributed by atoms with E-state index in [0.29, 0.717) is 0 Å². The molecule has 5 heteroatoms. The molecule has 1 unspecified atom stereocenters. The molecule has 2 rings (SSSR count). The van der Waals surface area contributed by atoms with Crippen LogP contribution in [0.4, 0.5) is 5.82 Å². The lowest BCUT2D eigenvalue weighted by Crippen LogP contribution is -2.14. The second-order valence-electron chi connectivity index (χ2n) is 4.03. The Hall–Kier alpha value is -2.30. The number of benzene rings is 1. The van der Waals surface area contributed by atoms with Crippen molar-refractivity contribution in [3.8, 4) is 0 Å². The molecule has 1 aromatic carbocycles. The van der Waals surface area contributed by atoms with Crippen molar-refractivity contribution < 1.29 is 9.90 Å². The first-order valence-corrected chi connectivity index (χ1v) is 5.76. The molecular weight excluding hydrogens is 230 g/mol. The van der Waals surface area contributed by atoms with Crippen LogP contribution >= 0.6 is 0 Å². The zero-order valence-corrected chi connectivity index (χ0v) is 10.1. The molecule has 0 amide bonds. The average Bonchev–Trinajstić information content (AvgIpc) is 2.74. The monoisotopic (exact) mass is 245 g/mol. The fourth-order valence-corrected chi connectivity index (χ4v) is 2.01. The zero-order valence-electron chi connectivity index (χ0n) is 10.1. The van der Waals surface area contributed by atoms with E-state index in [-0.39, 0.29) is 17.4 Å². The summed E-state index contributed by atoms with van der Waals surface area (Å²) in [6, 6.07) is 9.74. The summed E-state index contributed by atoms with van der Waals surface area (Å²) in [4.78, 5) is 10.9. The molecule has 1 heterocycles. The van der Waals surface area contributed by atoms with Crippen LogP contribution in [0.5, 0.6) is 0 Å². The van der Waals surface area contributed by atoms with Crippen LogP contribution in [0.25, 0.3) is 0 Å². The Kier molecular flexibility index (Phi) is 3.32. The fourth-order valence-electron chi connectivity index (χ4n) is 2.01. The van der Waals surface area contributed by atoms with Crippen LogP contribution in [0.3, 0.4) is 0 Å². The number of anilines is 1. The number of hydrogen-bond donors (Lipinski definition) is 2. The minimum absolute atomic E-state index is 0.0423. The van der Waals surface area contributed by atoms with Gasteiger partial charge in [0, 0.05) is 0 Å². The Morgan fingerprint density at radius 3 is 2.61 bits per heavy atom. The van der Waals surface area contributed by atoms with E-state index in [1.807, 2.05) is 37.3 Å². The summed E-state index contributed by atoms with van der Waals surface area (Å²) in [5.74, 6) is -0.861. The van der Waals surface area contributed by atoms with Crippen LogP contribution in [0.15, 0.2) is 36.5 Å². The molecule has 0 aliphatic rings. The molecule has 0 fully saturated rings. The predicted octanol–water partition coefficient (Wildman–Crippen LogP) is 2.16. The minimum atomic E-state index is -1.05. The molecule has 0 radical (unpaired) electrons. The van der Waals surface area contributed by atoms with Crippen LogP contribution in [-0.4, -0.2) is 20.9 Å². The Morgan fingerprint density at radius 2 is 2.11 bits per heavy atom. The Labute approximate surface area is 105 Å². The number of hydrogen-bond acceptors (Lipinski definition) is 3. The summed E-state index contributed by atoms with van der Waals surface area (Å²) < 4.78 is 1.57. The van der Waals surface area contributed by atoms with Gasteiger partial charge in [-0.15, -0.1) is 0 Å². The van der Waals surface area contributed by atoms with Crippen molar-refractivity contribution in [2.45, 2.75) is 19.4 Å². The Balaban J connectivity index is 2.43. The molecule has 94 valence electrons. The highest BCUT2D eigenvalue weighted by Crippen LogP contribution is 2.25. The summed E-state index contributed by atoms with van der Waals surface area (Å²) in [6.45, 7) is 2.01. The minimum Gasteiger partial charge on any atom is -0.477 e. The maximum Gasteiger partial charge on any atom is 0.341 e. The van der Waals surface area contributed by atoms with Gasteiger partial charge in [0.25, 0.3) is 0 Å². The van der Waals surface area contributed by atoms with E-state index in [1.165, 1.54) is 6.20 Å². The van der Waals surface area contributed by atoms with Crippen molar-refractivity contribution in [3.63, 3.8) is 0 Å². The molecule has 0 saturated carbocycles. The molecule has 3 N–H and O–H groups in total. The molecule has 0 aliphatic heterocycles. The first kappa shape index (κ1) is 12.2. The van der Waals surface area contributed by atoms with E-state index in [2.05, 4.69) is 5.10 Å². The van der Waals surface area contributed by atoms with Crippen molar-refractivity contribution in [1.29, 1.82) is 0 Å². The lowest BCUT2D eigenvalue weighted by Gasteiger charge is -2.17. The molecule has 1 aromatic heterocycles. The predicted molar refractivity (Wildman–Crippen MR) is 68.5 cm³/mol. The van der Waals surface area contributed by atoms with E-state index in [0.717, 1.165) is 12.0 Å². The topological polar surface area (TPSA) is 81.1 Å². The lowest BCUT2D eigenvalue weighted by molar-refractivity contribution is 0.0698. The van der Waals surface area contributed by atoms with Crippen LogP contribution < -0.4 is 5.73 Å². The summed E-state index contributed by atoms with van der Waals surface area (Å²) >= 11 is 0. The van der Waals surface area contributed by atoms with E-state index >= 15 is 0 Å². The number of carboxylic acids is 1. The largest absolute Gasteiger partial charge is 0.477 e. The van der Waals surface area contributed by atoms with Gasteiger partial charge >= 0.3 is 5.97 Å². The number of nitrogen functional groups attached to an aromatic ring is 1. The van der Waals surface area contributed by atoms with Crippen LogP contribution in [0, 0.1) is 0 Å². The second kappa shape index (κ2) is 4.91. The fraction of sp³-hybridized carbons (Fsp3) is 0.231. The number of nitrogens with zero attached hydrogens (tertiary/aromatic N) is 2.